The van der Waals surface area contributed by atoms with Gasteiger partial charge in [-0.05, 0) is 30.9 Å². The molecule has 2 N–H and O–H groups in total. The number of anilines is 1. The predicted octanol–water partition coefficient (Wildman–Crippen LogP) is 1.19. The number of nitrogens with two attached hydrogens (primary N) is 1. The van der Waals surface area contributed by atoms with Gasteiger partial charge < -0.3 is 10.6 Å². The Morgan fingerprint density at radius 1 is 1.24 bits per heavy atom. The molecule has 1 saturated carbocycles. The first-order valence-corrected chi connectivity index (χ1v) is 9.13. The van der Waals surface area contributed by atoms with Crippen molar-refractivity contribution in [2.24, 2.45) is 5.92 Å². The minimum Gasteiger partial charge on any atom is -0.398 e. The van der Waals surface area contributed by atoms with Crippen molar-refractivity contribution < 1.29 is 13.2 Å². The summed E-state index contributed by atoms with van der Waals surface area (Å²) in [5.41, 5.74) is 7.56. The van der Waals surface area contributed by atoms with Crippen LogP contribution in [0.25, 0.3) is 0 Å². The lowest BCUT2D eigenvalue weighted by Crippen LogP contribution is -2.38. The van der Waals surface area contributed by atoms with Crippen LogP contribution in [0.2, 0.25) is 0 Å². The van der Waals surface area contributed by atoms with E-state index in [9.17, 15) is 13.2 Å². The first-order chi connectivity index (χ1) is 9.96. The lowest BCUT2D eigenvalue weighted by Gasteiger charge is -2.26. The van der Waals surface area contributed by atoms with E-state index in [1.165, 1.54) is 0 Å². The summed E-state index contributed by atoms with van der Waals surface area (Å²) in [5, 5.41) is 0. The lowest BCUT2D eigenvalue weighted by molar-refractivity contribution is -0.136. The molecule has 3 rings (SSSR count). The molecule has 1 atom stereocenters. The van der Waals surface area contributed by atoms with E-state index in [4.69, 9.17) is 5.73 Å². The van der Waals surface area contributed by atoms with Gasteiger partial charge in [0.05, 0.1) is 17.4 Å². The molecule has 1 aromatic rings. The van der Waals surface area contributed by atoms with Crippen LogP contribution in [-0.4, -0.2) is 36.8 Å². The number of amides is 1. The third-order valence-corrected chi connectivity index (χ3v) is 6.02. The van der Waals surface area contributed by atoms with Gasteiger partial charge in [-0.15, -0.1) is 0 Å². The Morgan fingerprint density at radius 3 is 2.52 bits per heavy atom. The van der Waals surface area contributed by atoms with Crippen LogP contribution in [0.1, 0.15) is 24.8 Å². The normalized spacial score (nSPS) is 23.9. The fourth-order valence-corrected chi connectivity index (χ4v) is 4.59. The summed E-state index contributed by atoms with van der Waals surface area (Å²) in [5.74, 6) is -0.267. The van der Waals surface area contributed by atoms with Gasteiger partial charge in [0.2, 0.25) is 5.91 Å². The van der Waals surface area contributed by atoms with Crippen LogP contribution in [0.15, 0.2) is 24.3 Å². The van der Waals surface area contributed by atoms with Crippen molar-refractivity contribution in [1.82, 2.24) is 4.90 Å². The monoisotopic (exact) mass is 308 g/mol. The standard InChI is InChI=1S/C15H20N2O3S/c16-14-4-2-1-3-11(14)9-17(13-5-6-13)15(18)12-7-8-21(19,20)10-12/h1-4,12-13H,5-10,16H2. The summed E-state index contributed by atoms with van der Waals surface area (Å²) >= 11 is 0. The van der Waals surface area contributed by atoms with Crippen LogP contribution in [-0.2, 0) is 21.2 Å². The van der Waals surface area contributed by atoms with E-state index in [-0.39, 0.29) is 29.4 Å². The summed E-state index contributed by atoms with van der Waals surface area (Å²) in [6, 6.07) is 7.77. The average molecular weight is 308 g/mol. The first-order valence-electron chi connectivity index (χ1n) is 7.30. The molecule has 1 saturated heterocycles. The minimum absolute atomic E-state index is 0.000669. The average Bonchev–Trinajstić information content (AvgIpc) is 3.21. The van der Waals surface area contributed by atoms with Gasteiger partial charge in [0.25, 0.3) is 0 Å². The maximum Gasteiger partial charge on any atom is 0.227 e. The molecule has 2 aliphatic rings. The summed E-state index contributed by atoms with van der Waals surface area (Å²) in [4.78, 5) is 14.5. The van der Waals surface area contributed by atoms with Crippen LogP contribution in [0.3, 0.4) is 0 Å². The molecule has 0 bridgehead atoms. The van der Waals surface area contributed by atoms with E-state index in [0.717, 1.165) is 18.4 Å². The Hall–Kier alpha value is -1.56. The zero-order valence-electron chi connectivity index (χ0n) is 11.9. The molecule has 21 heavy (non-hydrogen) atoms. The number of sulfone groups is 1. The van der Waals surface area contributed by atoms with E-state index in [1.54, 1.807) is 0 Å². The second kappa shape index (κ2) is 5.33. The van der Waals surface area contributed by atoms with E-state index in [2.05, 4.69) is 0 Å². The maximum atomic E-state index is 12.7. The minimum atomic E-state index is -3.03. The highest BCUT2D eigenvalue weighted by molar-refractivity contribution is 7.91. The lowest BCUT2D eigenvalue weighted by atomic mass is 10.1. The molecule has 114 valence electrons. The molecular formula is C15H20N2O3S. The van der Waals surface area contributed by atoms with E-state index < -0.39 is 9.84 Å². The van der Waals surface area contributed by atoms with Crippen LogP contribution in [0.4, 0.5) is 5.69 Å². The molecule has 5 nitrogen and oxygen atoms in total. The number of nitrogens with zero attached hydrogens (tertiary/aromatic N) is 1. The van der Waals surface area contributed by atoms with Crippen LogP contribution < -0.4 is 5.73 Å². The van der Waals surface area contributed by atoms with Gasteiger partial charge >= 0.3 is 0 Å². The Morgan fingerprint density at radius 2 is 1.95 bits per heavy atom. The van der Waals surface area contributed by atoms with Gasteiger partial charge in [0, 0.05) is 18.3 Å². The molecule has 1 aromatic carbocycles. The fourth-order valence-electron chi connectivity index (χ4n) is 2.86. The molecule has 0 radical (unpaired) electrons. The third-order valence-electron chi connectivity index (χ3n) is 4.25. The molecule has 6 heteroatoms. The van der Waals surface area contributed by atoms with Gasteiger partial charge in [0.15, 0.2) is 9.84 Å². The fraction of sp³-hybridized carbons (Fsp3) is 0.533. The van der Waals surface area contributed by atoms with Gasteiger partial charge in [-0.2, -0.15) is 0 Å². The van der Waals surface area contributed by atoms with Crippen molar-refractivity contribution in [3.05, 3.63) is 29.8 Å². The summed E-state index contributed by atoms with van der Waals surface area (Å²) in [6.45, 7) is 0.479. The highest BCUT2D eigenvalue weighted by Gasteiger charge is 2.40. The van der Waals surface area contributed by atoms with Crippen molar-refractivity contribution in [1.29, 1.82) is 0 Å². The van der Waals surface area contributed by atoms with Crippen LogP contribution >= 0.6 is 0 Å². The zero-order chi connectivity index (χ0) is 15.0. The SMILES string of the molecule is Nc1ccccc1CN(C(=O)C1CCS(=O)(=O)C1)C1CC1. The molecule has 1 aliphatic heterocycles. The zero-order valence-corrected chi connectivity index (χ0v) is 12.7. The molecule has 1 aliphatic carbocycles. The topological polar surface area (TPSA) is 80.5 Å². The smallest absolute Gasteiger partial charge is 0.227 e. The van der Waals surface area contributed by atoms with E-state index in [1.807, 2.05) is 29.2 Å². The van der Waals surface area contributed by atoms with Crippen molar-refractivity contribution in [3.8, 4) is 0 Å². The van der Waals surface area contributed by atoms with Crippen molar-refractivity contribution in [2.75, 3.05) is 17.2 Å². The van der Waals surface area contributed by atoms with E-state index in [0.29, 0.717) is 18.7 Å². The second-order valence-electron chi connectivity index (χ2n) is 6.00. The predicted molar refractivity (Wildman–Crippen MR) is 81.2 cm³/mol. The number of carbonyl (C=O) groups excluding carboxylic acids is 1. The molecule has 2 fully saturated rings. The van der Waals surface area contributed by atoms with E-state index >= 15 is 0 Å². The molecule has 1 amide bonds. The molecule has 1 heterocycles. The molecule has 0 aromatic heterocycles. The Balaban J connectivity index is 1.76. The Bertz CT molecular complexity index is 653. The molecule has 1 unspecified atom stereocenters. The maximum absolute atomic E-state index is 12.7. The highest BCUT2D eigenvalue weighted by Crippen LogP contribution is 2.32. The second-order valence-corrected chi connectivity index (χ2v) is 8.22. The number of benzene rings is 1. The molecule has 0 spiro atoms. The number of para-hydroxylation sites is 1. The Kier molecular flexibility index (Phi) is 3.65. The molecular weight excluding hydrogens is 288 g/mol. The number of carbonyl (C=O) groups is 1. The largest absolute Gasteiger partial charge is 0.398 e. The highest BCUT2D eigenvalue weighted by atomic mass is 32.2. The number of nitrogen functional groups attached to an aromatic ring is 1. The Labute approximate surface area is 125 Å². The van der Waals surface area contributed by atoms with Gasteiger partial charge in [-0.1, -0.05) is 18.2 Å². The summed E-state index contributed by atoms with van der Waals surface area (Å²) < 4.78 is 23.2. The summed E-state index contributed by atoms with van der Waals surface area (Å²) in [6.07, 6.45) is 2.45. The van der Waals surface area contributed by atoms with Crippen LogP contribution in [0.5, 0.6) is 0 Å². The van der Waals surface area contributed by atoms with Gasteiger partial charge in [-0.25, -0.2) is 8.42 Å². The first kappa shape index (κ1) is 14.4. The van der Waals surface area contributed by atoms with Crippen molar-refractivity contribution in [2.45, 2.75) is 31.8 Å². The van der Waals surface area contributed by atoms with Gasteiger partial charge in [0.1, 0.15) is 0 Å². The van der Waals surface area contributed by atoms with Gasteiger partial charge in [-0.3, -0.25) is 4.79 Å². The van der Waals surface area contributed by atoms with Crippen LogP contribution in [0, 0.1) is 5.92 Å². The third kappa shape index (κ3) is 3.20. The van der Waals surface area contributed by atoms with Crippen molar-refractivity contribution in [3.63, 3.8) is 0 Å². The number of hydrogen-bond donors (Lipinski definition) is 1. The number of hydrogen-bond acceptors (Lipinski definition) is 4. The van der Waals surface area contributed by atoms with Crippen molar-refractivity contribution >= 4 is 21.4 Å². The summed E-state index contributed by atoms with van der Waals surface area (Å²) in [7, 11) is -3.03. The number of rotatable bonds is 4. The quantitative estimate of drug-likeness (QED) is 0.847.